The standard InChI is InChI=1S/C17H21N5O2/c1-4-21-8-7-14(20-21)10-18-17(23)16-6-5-15(24-16)11-22-13(3)9-12(2)19-22/h5-9H,4,10-11H2,1-3H3,(H,18,23). The van der Waals surface area contributed by atoms with Crippen molar-refractivity contribution in [2.24, 2.45) is 0 Å². The Balaban J connectivity index is 1.60. The van der Waals surface area contributed by atoms with Gasteiger partial charge < -0.3 is 9.73 Å². The summed E-state index contributed by atoms with van der Waals surface area (Å²) in [5.41, 5.74) is 2.84. The monoisotopic (exact) mass is 327 g/mol. The van der Waals surface area contributed by atoms with Gasteiger partial charge >= 0.3 is 0 Å². The number of nitrogens with one attached hydrogen (secondary N) is 1. The van der Waals surface area contributed by atoms with Crippen molar-refractivity contribution < 1.29 is 9.21 Å². The molecule has 7 heteroatoms. The molecule has 0 radical (unpaired) electrons. The fraction of sp³-hybridized carbons (Fsp3) is 0.353. The van der Waals surface area contributed by atoms with Crippen LogP contribution in [-0.4, -0.2) is 25.5 Å². The lowest BCUT2D eigenvalue weighted by atomic mass is 10.3. The highest BCUT2D eigenvalue weighted by Gasteiger charge is 2.12. The van der Waals surface area contributed by atoms with Crippen LogP contribution < -0.4 is 5.32 Å². The first-order valence-corrected chi connectivity index (χ1v) is 7.95. The van der Waals surface area contributed by atoms with Gasteiger partial charge in [-0.1, -0.05) is 0 Å². The Hall–Kier alpha value is -2.83. The van der Waals surface area contributed by atoms with E-state index in [0.29, 0.717) is 24.6 Å². The first-order chi connectivity index (χ1) is 11.5. The second-order valence-electron chi connectivity index (χ2n) is 5.70. The van der Waals surface area contributed by atoms with E-state index < -0.39 is 0 Å². The number of hydrogen-bond donors (Lipinski definition) is 1. The maximum atomic E-state index is 12.2. The quantitative estimate of drug-likeness (QED) is 0.753. The van der Waals surface area contributed by atoms with Gasteiger partial charge in [-0.15, -0.1) is 0 Å². The molecule has 3 aromatic heterocycles. The predicted octanol–water partition coefficient (Wildman–Crippen LogP) is 2.29. The topological polar surface area (TPSA) is 77.9 Å². The van der Waals surface area contributed by atoms with Gasteiger partial charge in [0, 0.05) is 18.4 Å². The summed E-state index contributed by atoms with van der Waals surface area (Å²) in [6.45, 7) is 7.65. The molecular weight excluding hydrogens is 306 g/mol. The van der Waals surface area contributed by atoms with E-state index in [1.165, 1.54) is 0 Å². The van der Waals surface area contributed by atoms with Crippen LogP contribution in [0.2, 0.25) is 0 Å². The fourth-order valence-corrected chi connectivity index (χ4v) is 2.50. The van der Waals surface area contributed by atoms with Crippen LogP contribution >= 0.6 is 0 Å². The van der Waals surface area contributed by atoms with Crippen molar-refractivity contribution >= 4 is 5.91 Å². The summed E-state index contributed by atoms with van der Waals surface area (Å²) in [5, 5.41) is 11.5. The summed E-state index contributed by atoms with van der Waals surface area (Å²) in [6.07, 6.45) is 1.89. The van der Waals surface area contributed by atoms with E-state index in [2.05, 4.69) is 15.5 Å². The number of hydrogen-bond acceptors (Lipinski definition) is 4. The van der Waals surface area contributed by atoms with Crippen LogP contribution in [0.25, 0.3) is 0 Å². The maximum absolute atomic E-state index is 12.2. The Morgan fingerprint density at radius 1 is 1.25 bits per heavy atom. The first-order valence-electron chi connectivity index (χ1n) is 7.95. The molecular formula is C17H21N5O2. The third-order valence-electron chi connectivity index (χ3n) is 3.74. The summed E-state index contributed by atoms with van der Waals surface area (Å²) in [6, 6.07) is 7.38. The van der Waals surface area contributed by atoms with Crippen molar-refractivity contribution in [2.45, 2.75) is 40.4 Å². The molecule has 0 spiro atoms. The molecule has 1 N–H and O–H groups in total. The number of amides is 1. The van der Waals surface area contributed by atoms with Crippen LogP contribution in [0.3, 0.4) is 0 Å². The molecule has 0 saturated carbocycles. The second-order valence-corrected chi connectivity index (χ2v) is 5.70. The van der Waals surface area contributed by atoms with Gasteiger partial charge in [0.2, 0.25) is 0 Å². The zero-order valence-electron chi connectivity index (χ0n) is 14.1. The van der Waals surface area contributed by atoms with Crippen molar-refractivity contribution in [3.63, 3.8) is 0 Å². The van der Waals surface area contributed by atoms with Gasteiger partial charge in [0.1, 0.15) is 5.76 Å². The van der Waals surface area contributed by atoms with Gasteiger partial charge in [-0.2, -0.15) is 10.2 Å². The van der Waals surface area contributed by atoms with Crippen molar-refractivity contribution in [2.75, 3.05) is 0 Å². The predicted molar refractivity (Wildman–Crippen MR) is 88.6 cm³/mol. The molecule has 24 heavy (non-hydrogen) atoms. The van der Waals surface area contributed by atoms with Gasteiger partial charge in [0.25, 0.3) is 5.91 Å². The third kappa shape index (κ3) is 3.56. The molecule has 7 nitrogen and oxygen atoms in total. The number of furan rings is 1. The Kier molecular flexibility index (Phi) is 4.50. The van der Waals surface area contributed by atoms with Gasteiger partial charge in [0.15, 0.2) is 5.76 Å². The van der Waals surface area contributed by atoms with Crippen LogP contribution in [0, 0.1) is 13.8 Å². The van der Waals surface area contributed by atoms with Gasteiger partial charge in [-0.25, -0.2) is 0 Å². The summed E-state index contributed by atoms with van der Waals surface area (Å²) >= 11 is 0. The molecule has 3 rings (SSSR count). The molecule has 3 aromatic rings. The highest BCUT2D eigenvalue weighted by Crippen LogP contribution is 2.12. The lowest BCUT2D eigenvalue weighted by Crippen LogP contribution is -2.22. The lowest BCUT2D eigenvalue weighted by Gasteiger charge is -2.02. The number of carbonyl (C=O) groups is 1. The molecule has 0 aliphatic carbocycles. The summed E-state index contributed by atoms with van der Waals surface area (Å²) in [4.78, 5) is 12.2. The van der Waals surface area contributed by atoms with Crippen LogP contribution in [0.5, 0.6) is 0 Å². The molecule has 0 fully saturated rings. The molecule has 0 aliphatic heterocycles. The lowest BCUT2D eigenvalue weighted by molar-refractivity contribution is 0.0920. The summed E-state index contributed by atoms with van der Waals surface area (Å²) in [5.74, 6) is 0.740. The minimum Gasteiger partial charge on any atom is -0.454 e. The SMILES string of the molecule is CCn1ccc(CNC(=O)c2ccc(Cn3nc(C)cc3C)o2)n1. The highest BCUT2D eigenvalue weighted by molar-refractivity contribution is 5.91. The van der Waals surface area contributed by atoms with Crippen LogP contribution in [0.4, 0.5) is 0 Å². The van der Waals surface area contributed by atoms with Crippen molar-refractivity contribution in [3.05, 3.63) is 59.1 Å². The Morgan fingerprint density at radius 3 is 2.75 bits per heavy atom. The molecule has 0 atom stereocenters. The third-order valence-corrected chi connectivity index (χ3v) is 3.74. The van der Waals surface area contributed by atoms with Crippen LogP contribution in [0.1, 0.15) is 40.3 Å². The smallest absolute Gasteiger partial charge is 0.287 e. The number of carbonyl (C=O) groups excluding carboxylic acids is 1. The van der Waals surface area contributed by atoms with Crippen LogP contribution in [0.15, 0.2) is 34.9 Å². The zero-order valence-corrected chi connectivity index (χ0v) is 14.1. The van der Waals surface area contributed by atoms with Gasteiger partial charge in [-0.3, -0.25) is 14.2 Å². The number of nitrogens with zero attached hydrogens (tertiary/aromatic N) is 4. The fourth-order valence-electron chi connectivity index (χ4n) is 2.50. The average molecular weight is 327 g/mol. The average Bonchev–Trinajstić information content (AvgIpc) is 3.26. The molecule has 126 valence electrons. The Labute approximate surface area is 140 Å². The largest absolute Gasteiger partial charge is 0.454 e. The Morgan fingerprint density at radius 2 is 2.08 bits per heavy atom. The van der Waals surface area contributed by atoms with E-state index in [1.807, 2.05) is 48.5 Å². The van der Waals surface area contributed by atoms with Gasteiger partial charge in [0.05, 0.1) is 24.5 Å². The van der Waals surface area contributed by atoms with E-state index in [0.717, 1.165) is 23.6 Å². The van der Waals surface area contributed by atoms with Gasteiger partial charge in [-0.05, 0) is 45.0 Å². The normalized spacial score (nSPS) is 11.0. The van der Waals surface area contributed by atoms with Crippen LogP contribution in [-0.2, 0) is 19.6 Å². The van der Waals surface area contributed by atoms with E-state index in [1.54, 1.807) is 12.1 Å². The van der Waals surface area contributed by atoms with E-state index in [9.17, 15) is 4.79 Å². The minimum absolute atomic E-state index is 0.249. The molecule has 3 heterocycles. The highest BCUT2D eigenvalue weighted by atomic mass is 16.4. The second kappa shape index (κ2) is 6.74. The van der Waals surface area contributed by atoms with Crippen molar-refractivity contribution in [1.82, 2.24) is 24.9 Å². The summed E-state index contributed by atoms with van der Waals surface area (Å²) < 4.78 is 9.30. The molecule has 1 amide bonds. The number of aryl methyl sites for hydroxylation is 3. The van der Waals surface area contributed by atoms with E-state index in [4.69, 9.17) is 4.42 Å². The first kappa shape index (κ1) is 16.0. The van der Waals surface area contributed by atoms with Crippen molar-refractivity contribution in [3.8, 4) is 0 Å². The molecule has 0 aliphatic rings. The molecule has 0 aromatic carbocycles. The maximum Gasteiger partial charge on any atom is 0.287 e. The molecule has 0 bridgehead atoms. The molecule has 0 unspecified atom stereocenters. The van der Waals surface area contributed by atoms with E-state index >= 15 is 0 Å². The minimum atomic E-state index is -0.249. The number of rotatable bonds is 6. The zero-order chi connectivity index (χ0) is 17.1. The molecule has 0 saturated heterocycles. The Bertz CT molecular complexity index is 843. The van der Waals surface area contributed by atoms with E-state index in [-0.39, 0.29) is 5.91 Å². The summed E-state index contributed by atoms with van der Waals surface area (Å²) in [7, 11) is 0. The van der Waals surface area contributed by atoms with Crippen molar-refractivity contribution in [1.29, 1.82) is 0 Å². The number of aromatic nitrogens is 4.